The fourth-order valence-corrected chi connectivity index (χ4v) is 7.68. The summed E-state index contributed by atoms with van der Waals surface area (Å²) < 4.78 is 0. The summed E-state index contributed by atoms with van der Waals surface area (Å²) in [6.45, 7) is 17.6. The second-order valence-corrected chi connectivity index (χ2v) is 15.3. The Morgan fingerprint density at radius 2 is 0.795 bits per heavy atom. The minimum Gasteiger partial charge on any atom is -0.507 e. The molecule has 0 aliphatic heterocycles. The molecule has 2 atom stereocenters. The van der Waals surface area contributed by atoms with Gasteiger partial charge in [-0.25, -0.2) is 0 Å². The number of aliphatic hydroxyl groups is 1. The fraction of sp³-hybridized carbons (Fsp3) is 0.550. The van der Waals surface area contributed by atoms with Crippen LogP contribution in [0.3, 0.4) is 0 Å². The van der Waals surface area contributed by atoms with E-state index >= 15 is 0 Å². The largest absolute Gasteiger partial charge is 0.507 e. The fourth-order valence-electron chi connectivity index (χ4n) is 7.68. The average molecular weight is 599 g/mol. The van der Waals surface area contributed by atoms with Gasteiger partial charge in [-0.15, -0.1) is 0 Å². The van der Waals surface area contributed by atoms with E-state index in [-0.39, 0.29) is 46.8 Å². The predicted octanol–water partition coefficient (Wildman–Crippen LogP) is 9.11. The summed E-state index contributed by atoms with van der Waals surface area (Å²) in [6, 6.07) is 12.6. The van der Waals surface area contributed by atoms with Gasteiger partial charge in [0.15, 0.2) is 0 Å². The number of hydrogen-bond donors (Lipinski definition) is 4. The van der Waals surface area contributed by atoms with Crippen LogP contribution in [0.4, 0.5) is 0 Å². The smallest absolute Gasteiger partial charge is 0.122 e. The molecule has 44 heavy (non-hydrogen) atoms. The molecule has 3 aromatic rings. The Morgan fingerprint density at radius 1 is 0.500 bits per heavy atom. The maximum Gasteiger partial charge on any atom is 0.122 e. The highest BCUT2D eigenvalue weighted by Gasteiger charge is 2.39. The van der Waals surface area contributed by atoms with Crippen molar-refractivity contribution < 1.29 is 20.4 Å². The van der Waals surface area contributed by atoms with Crippen molar-refractivity contribution in [3.05, 3.63) is 86.5 Å². The zero-order chi connectivity index (χ0) is 32.0. The normalized spacial score (nSPS) is 22.3. The van der Waals surface area contributed by atoms with Crippen molar-refractivity contribution in [2.45, 2.75) is 118 Å². The quantitative estimate of drug-likeness (QED) is 0.241. The lowest BCUT2D eigenvalue weighted by Crippen LogP contribution is -2.40. The van der Waals surface area contributed by atoms with Crippen molar-refractivity contribution in [3.8, 4) is 17.2 Å². The van der Waals surface area contributed by atoms with Gasteiger partial charge < -0.3 is 20.4 Å². The SMILES string of the molecule is CC(C)c1cc2c(O)c(c1)Cc1cc(C(C)C)cc(c1O)CC1CC(C(C)C)CC(Cc3cc(C(C)C)cc(c3O)C2)C1O. The zero-order valence-electron chi connectivity index (χ0n) is 28.1. The van der Waals surface area contributed by atoms with Gasteiger partial charge >= 0.3 is 0 Å². The number of aromatic hydroxyl groups is 3. The second-order valence-electron chi connectivity index (χ2n) is 15.3. The molecule has 0 aromatic heterocycles. The molecule has 4 heteroatoms. The Labute approximate surface area is 265 Å². The number of fused-ring (bicyclic) bond motifs is 8. The van der Waals surface area contributed by atoms with Gasteiger partial charge in [-0.1, -0.05) is 91.8 Å². The number of phenolic OH excluding ortho intramolecular Hbond substituents is 3. The van der Waals surface area contributed by atoms with Crippen LogP contribution in [0.5, 0.6) is 17.2 Å². The van der Waals surface area contributed by atoms with Gasteiger partial charge in [0.25, 0.3) is 0 Å². The number of aliphatic hydroxyl groups excluding tert-OH is 1. The maximum absolute atomic E-state index is 11.9. The lowest BCUT2D eigenvalue weighted by Gasteiger charge is -2.41. The summed E-state index contributed by atoms with van der Waals surface area (Å²) >= 11 is 0. The number of benzene rings is 3. The Morgan fingerprint density at radius 3 is 1.09 bits per heavy atom. The van der Waals surface area contributed by atoms with Crippen LogP contribution < -0.4 is 0 Å². The van der Waals surface area contributed by atoms with Crippen molar-refractivity contribution in [3.63, 3.8) is 0 Å². The molecule has 1 fully saturated rings. The molecule has 0 spiro atoms. The molecule has 2 aliphatic rings. The number of rotatable bonds is 4. The third-order valence-electron chi connectivity index (χ3n) is 10.7. The van der Waals surface area contributed by atoms with Crippen LogP contribution in [-0.4, -0.2) is 26.5 Å². The Kier molecular flexibility index (Phi) is 9.42. The van der Waals surface area contributed by atoms with E-state index in [1.807, 2.05) is 0 Å². The lowest BCUT2D eigenvalue weighted by atomic mass is 9.66. The van der Waals surface area contributed by atoms with E-state index in [2.05, 4.69) is 91.8 Å². The third kappa shape index (κ3) is 6.52. The summed E-state index contributed by atoms with van der Waals surface area (Å²) in [6.07, 6.45) is 3.33. The van der Waals surface area contributed by atoms with Gasteiger partial charge in [0.1, 0.15) is 17.2 Å². The van der Waals surface area contributed by atoms with E-state index in [9.17, 15) is 20.4 Å². The topological polar surface area (TPSA) is 80.9 Å². The molecular formula is C40H54O4. The van der Waals surface area contributed by atoms with E-state index in [0.29, 0.717) is 37.5 Å². The number of phenols is 3. The van der Waals surface area contributed by atoms with E-state index in [1.165, 1.54) is 0 Å². The van der Waals surface area contributed by atoms with Crippen molar-refractivity contribution in [2.75, 3.05) is 0 Å². The van der Waals surface area contributed by atoms with Crippen molar-refractivity contribution in [1.82, 2.24) is 0 Å². The molecule has 0 amide bonds. The standard InChI is InChI=1S/C40H54O4/c1-21(2)25-9-29-17-31-11-26(22(3)4)13-33(38(31)42)19-35-15-28(24(7)8)16-36(40(35)44)20-34-14-27(23(5)6)12-32(39(34)43)18-30(10-25)37(29)41/h9-14,21-24,28,35-36,40-44H,15-20H2,1-8H3. The molecule has 4 N–H and O–H groups in total. The van der Waals surface area contributed by atoms with Gasteiger partial charge in [0, 0.05) is 12.8 Å². The van der Waals surface area contributed by atoms with Gasteiger partial charge in [0.2, 0.25) is 0 Å². The van der Waals surface area contributed by atoms with Crippen molar-refractivity contribution in [1.29, 1.82) is 0 Å². The second kappa shape index (κ2) is 12.8. The molecule has 2 unspecified atom stereocenters. The molecule has 0 heterocycles. The number of hydrogen-bond acceptors (Lipinski definition) is 4. The Hall–Kier alpha value is -2.98. The van der Waals surface area contributed by atoms with Gasteiger partial charge in [-0.05, 0) is 117 Å². The lowest BCUT2D eigenvalue weighted by molar-refractivity contribution is -0.0131. The van der Waals surface area contributed by atoms with Crippen molar-refractivity contribution >= 4 is 0 Å². The predicted molar refractivity (Wildman–Crippen MR) is 180 cm³/mol. The monoisotopic (exact) mass is 598 g/mol. The van der Waals surface area contributed by atoms with Gasteiger partial charge in [0.05, 0.1) is 6.10 Å². The highest BCUT2D eigenvalue weighted by Crippen LogP contribution is 2.45. The van der Waals surface area contributed by atoms with E-state index in [1.54, 1.807) is 0 Å². The summed E-state index contributed by atoms with van der Waals surface area (Å²) in [5, 5.41) is 47.1. The summed E-state index contributed by atoms with van der Waals surface area (Å²) in [4.78, 5) is 0. The van der Waals surface area contributed by atoms with Crippen LogP contribution in [0, 0.1) is 23.7 Å². The van der Waals surface area contributed by atoms with Crippen LogP contribution in [0.15, 0.2) is 36.4 Å². The molecular weight excluding hydrogens is 544 g/mol. The maximum atomic E-state index is 11.9. The first-order valence-corrected chi connectivity index (χ1v) is 16.9. The summed E-state index contributed by atoms with van der Waals surface area (Å²) in [5.41, 5.74) is 8.44. The van der Waals surface area contributed by atoms with Crippen molar-refractivity contribution in [2.24, 2.45) is 23.7 Å². The molecule has 0 radical (unpaired) electrons. The molecule has 4 nitrogen and oxygen atoms in total. The third-order valence-corrected chi connectivity index (χ3v) is 10.7. The summed E-state index contributed by atoms with van der Waals surface area (Å²) in [7, 11) is 0. The minimum absolute atomic E-state index is 0.00869. The minimum atomic E-state index is -0.528. The van der Waals surface area contributed by atoms with E-state index in [0.717, 1.165) is 62.9 Å². The highest BCUT2D eigenvalue weighted by molar-refractivity contribution is 5.54. The van der Waals surface area contributed by atoms with Gasteiger partial charge in [-0.2, -0.15) is 0 Å². The van der Waals surface area contributed by atoms with E-state index < -0.39 is 6.10 Å². The van der Waals surface area contributed by atoms with Crippen LogP contribution in [0.2, 0.25) is 0 Å². The molecule has 2 aliphatic carbocycles. The molecule has 3 aromatic carbocycles. The van der Waals surface area contributed by atoms with Crippen LogP contribution in [-0.2, 0) is 25.7 Å². The first-order valence-electron chi connectivity index (χ1n) is 16.9. The first kappa shape index (κ1) is 32.4. The van der Waals surface area contributed by atoms with Crippen LogP contribution in [0.1, 0.15) is 136 Å². The molecule has 0 saturated heterocycles. The summed E-state index contributed by atoms with van der Waals surface area (Å²) in [5.74, 6) is 2.59. The average Bonchev–Trinajstić information content (AvgIpc) is 2.95. The first-order chi connectivity index (χ1) is 20.7. The molecule has 1 saturated carbocycles. The van der Waals surface area contributed by atoms with E-state index in [4.69, 9.17) is 0 Å². The zero-order valence-corrected chi connectivity index (χ0v) is 28.1. The molecule has 5 rings (SSSR count). The molecule has 238 valence electrons. The van der Waals surface area contributed by atoms with Crippen LogP contribution >= 0.6 is 0 Å². The molecule has 8 bridgehead atoms. The highest BCUT2D eigenvalue weighted by atomic mass is 16.3. The Balaban J connectivity index is 1.76. The Bertz CT molecular complexity index is 1400. The van der Waals surface area contributed by atoms with Crippen LogP contribution in [0.25, 0.3) is 0 Å². The van der Waals surface area contributed by atoms with Gasteiger partial charge in [-0.3, -0.25) is 0 Å².